The van der Waals surface area contributed by atoms with E-state index in [-0.39, 0.29) is 11.7 Å². The molecule has 4 nitrogen and oxygen atoms in total. The highest BCUT2D eigenvalue weighted by molar-refractivity contribution is 7.22. The van der Waals surface area contributed by atoms with Gasteiger partial charge in [0.05, 0.1) is 22.7 Å². The average molecular weight is 342 g/mol. The van der Waals surface area contributed by atoms with Crippen molar-refractivity contribution in [2.24, 2.45) is 0 Å². The monoisotopic (exact) mass is 342 g/mol. The Labute approximate surface area is 142 Å². The standard InChI is InChI=1S/C18H15FN2O2S/c1-23-13-6-7-14-15(10-13)24-17(20-14)21-16(22)18(8-9-18)11-2-4-12(19)5-3-11/h2-7,10H,8-9H2,1H3,(H,20,21,22). The van der Waals surface area contributed by atoms with Crippen molar-refractivity contribution in [2.45, 2.75) is 18.3 Å². The van der Waals surface area contributed by atoms with Crippen LogP contribution in [0.4, 0.5) is 9.52 Å². The normalized spacial score (nSPS) is 15.2. The predicted octanol–water partition coefficient (Wildman–Crippen LogP) is 4.11. The Hall–Kier alpha value is -2.47. The molecule has 6 heteroatoms. The molecule has 1 fully saturated rings. The highest BCUT2D eigenvalue weighted by atomic mass is 32.1. The summed E-state index contributed by atoms with van der Waals surface area (Å²) >= 11 is 1.41. The van der Waals surface area contributed by atoms with Gasteiger partial charge in [-0.05, 0) is 48.7 Å². The van der Waals surface area contributed by atoms with Gasteiger partial charge in [0, 0.05) is 0 Å². The van der Waals surface area contributed by atoms with Crippen LogP contribution >= 0.6 is 11.3 Å². The summed E-state index contributed by atoms with van der Waals surface area (Å²) in [5, 5.41) is 3.48. The van der Waals surface area contributed by atoms with Gasteiger partial charge < -0.3 is 10.1 Å². The topological polar surface area (TPSA) is 51.2 Å². The van der Waals surface area contributed by atoms with Crippen LogP contribution in [-0.2, 0) is 10.2 Å². The number of thiazole rings is 1. The van der Waals surface area contributed by atoms with Crippen LogP contribution in [-0.4, -0.2) is 18.0 Å². The van der Waals surface area contributed by atoms with E-state index in [0.29, 0.717) is 5.13 Å². The minimum absolute atomic E-state index is 0.0832. The summed E-state index contributed by atoms with van der Waals surface area (Å²) in [5.41, 5.74) is 1.12. The maximum Gasteiger partial charge on any atom is 0.236 e. The second-order valence-electron chi connectivity index (χ2n) is 5.90. The average Bonchev–Trinajstić information content (AvgIpc) is 3.30. The molecule has 24 heavy (non-hydrogen) atoms. The Bertz CT molecular complexity index is 916. The number of carbonyl (C=O) groups is 1. The van der Waals surface area contributed by atoms with Gasteiger partial charge in [0.1, 0.15) is 11.6 Å². The highest BCUT2D eigenvalue weighted by Crippen LogP contribution is 2.49. The van der Waals surface area contributed by atoms with E-state index in [1.165, 1.54) is 23.5 Å². The smallest absolute Gasteiger partial charge is 0.236 e. The van der Waals surface area contributed by atoms with Crippen LogP contribution in [0.15, 0.2) is 42.5 Å². The van der Waals surface area contributed by atoms with Gasteiger partial charge in [-0.2, -0.15) is 0 Å². The molecule has 1 aromatic heterocycles. The lowest BCUT2D eigenvalue weighted by Crippen LogP contribution is -2.27. The number of nitrogens with zero attached hydrogens (tertiary/aromatic N) is 1. The lowest BCUT2D eigenvalue weighted by molar-refractivity contribution is -0.118. The number of amides is 1. The molecule has 122 valence electrons. The Morgan fingerprint density at radius 2 is 2.00 bits per heavy atom. The maximum absolute atomic E-state index is 13.1. The summed E-state index contributed by atoms with van der Waals surface area (Å²) < 4.78 is 19.3. The molecule has 0 bridgehead atoms. The Kier molecular flexibility index (Phi) is 3.49. The van der Waals surface area contributed by atoms with E-state index < -0.39 is 5.41 Å². The molecule has 1 saturated carbocycles. The van der Waals surface area contributed by atoms with Gasteiger partial charge in [0.25, 0.3) is 0 Å². The van der Waals surface area contributed by atoms with Crippen molar-refractivity contribution in [2.75, 3.05) is 12.4 Å². The number of hydrogen-bond acceptors (Lipinski definition) is 4. The van der Waals surface area contributed by atoms with Crippen molar-refractivity contribution in [1.82, 2.24) is 4.98 Å². The largest absolute Gasteiger partial charge is 0.497 e. The van der Waals surface area contributed by atoms with E-state index in [4.69, 9.17) is 4.74 Å². The minimum atomic E-state index is -0.552. The van der Waals surface area contributed by atoms with E-state index in [2.05, 4.69) is 10.3 Å². The summed E-state index contributed by atoms with van der Waals surface area (Å²) in [5.74, 6) is 0.379. The van der Waals surface area contributed by atoms with Crippen LogP contribution in [0.3, 0.4) is 0 Å². The predicted molar refractivity (Wildman–Crippen MR) is 92.1 cm³/mol. The van der Waals surface area contributed by atoms with Gasteiger partial charge in [-0.3, -0.25) is 4.79 Å². The number of ether oxygens (including phenoxy) is 1. The fraction of sp³-hybridized carbons (Fsp3) is 0.222. The van der Waals surface area contributed by atoms with Crippen molar-refractivity contribution in [3.8, 4) is 5.75 Å². The van der Waals surface area contributed by atoms with E-state index in [1.807, 2.05) is 18.2 Å². The lowest BCUT2D eigenvalue weighted by Gasteiger charge is -2.14. The molecule has 0 atom stereocenters. The van der Waals surface area contributed by atoms with E-state index in [9.17, 15) is 9.18 Å². The molecule has 2 aromatic carbocycles. The van der Waals surface area contributed by atoms with Crippen LogP contribution < -0.4 is 10.1 Å². The number of halogens is 1. The molecule has 0 radical (unpaired) electrons. The van der Waals surface area contributed by atoms with Crippen molar-refractivity contribution >= 4 is 32.6 Å². The molecule has 0 spiro atoms. The Morgan fingerprint density at radius 3 is 2.67 bits per heavy atom. The molecule has 0 unspecified atom stereocenters. The zero-order valence-corrected chi connectivity index (χ0v) is 13.8. The first-order valence-electron chi connectivity index (χ1n) is 7.63. The zero-order valence-electron chi connectivity index (χ0n) is 13.0. The van der Waals surface area contributed by atoms with E-state index in [0.717, 1.165) is 34.4 Å². The number of fused-ring (bicyclic) bond motifs is 1. The van der Waals surface area contributed by atoms with Crippen molar-refractivity contribution in [3.05, 3.63) is 53.8 Å². The number of anilines is 1. The number of benzene rings is 2. The van der Waals surface area contributed by atoms with Crippen LogP contribution in [0.2, 0.25) is 0 Å². The van der Waals surface area contributed by atoms with Gasteiger partial charge >= 0.3 is 0 Å². The molecule has 4 rings (SSSR count). The molecular formula is C18H15FN2O2S. The number of methoxy groups -OCH3 is 1. The molecule has 1 aliphatic rings. The molecule has 1 N–H and O–H groups in total. The maximum atomic E-state index is 13.1. The first kappa shape index (κ1) is 15.1. The van der Waals surface area contributed by atoms with Crippen molar-refractivity contribution in [1.29, 1.82) is 0 Å². The van der Waals surface area contributed by atoms with Gasteiger partial charge in [0.2, 0.25) is 5.91 Å². The number of aromatic nitrogens is 1. The van der Waals surface area contributed by atoms with Crippen LogP contribution in [0, 0.1) is 5.82 Å². The molecule has 0 aliphatic heterocycles. The van der Waals surface area contributed by atoms with Gasteiger partial charge in [0.15, 0.2) is 5.13 Å². The first-order chi connectivity index (χ1) is 11.6. The summed E-state index contributed by atoms with van der Waals surface area (Å²) in [7, 11) is 1.62. The quantitative estimate of drug-likeness (QED) is 0.776. The number of carbonyl (C=O) groups excluding carboxylic acids is 1. The van der Waals surface area contributed by atoms with Crippen LogP contribution in [0.25, 0.3) is 10.2 Å². The van der Waals surface area contributed by atoms with Crippen molar-refractivity contribution < 1.29 is 13.9 Å². The first-order valence-corrected chi connectivity index (χ1v) is 8.44. The fourth-order valence-electron chi connectivity index (χ4n) is 2.84. The third-order valence-corrected chi connectivity index (χ3v) is 5.33. The second kappa shape index (κ2) is 5.56. The van der Waals surface area contributed by atoms with E-state index in [1.54, 1.807) is 19.2 Å². The Morgan fingerprint density at radius 1 is 1.25 bits per heavy atom. The molecule has 1 aliphatic carbocycles. The second-order valence-corrected chi connectivity index (χ2v) is 6.93. The van der Waals surface area contributed by atoms with Gasteiger partial charge in [-0.25, -0.2) is 9.37 Å². The third-order valence-electron chi connectivity index (χ3n) is 4.40. The summed E-state index contributed by atoms with van der Waals surface area (Å²) in [6, 6.07) is 11.8. The van der Waals surface area contributed by atoms with Gasteiger partial charge in [-0.15, -0.1) is 0 Å². The van der Waals surface area contributed by atoms with Crippen LogP contribution in [0.5, 0.6) is 5.75 Å². The van der Waals surface area contributed by atoms with Crippen molar-refractivity contribution in [3.63, 3.8) is 0 Å². The number of rotatable bonds is 4. The zero-order chi connectivity index (χ0) is 16.7. The molecule has 1 heterocycles. The number of nitrogens with one attached hydrogen (secondary N) is 1. The summed E-state index contributed by atoms with van der Waals surface area (Å²) in [6.45, 7) is 0. The molecule has 0 saturated heterocycles. The minimum Gasteiger partial charge on any atom is -0.497 e. The van der Waals surface area contributed by atoms with E-state index >= 15 is 0 Å². The lowest BCUT2D eigenvalue weighted by atomic mass is 9.95. The Balaban J connectivity index is 1.58. The molecule has 1 amide bonds. The molecular weight excluding hydrogens is 327 g/mol. The fourth-order valence-corrected chi connectivity index (χ4v) is 3.73. The summed E-state index contributed by atoms with van der Waals surface area (Å²) in [4.78, 5) is 17.2. The number of hydrogen-bond donors (Lipinski definition) is 1. The third kappa shape index (κ3) is 2.53. The summed E-state index contributed by atoms with van der Waals surface area (Å²) in [6.07, 6.45) is 1.53. The highest BCUT2D eigenvalue weighted by Gasteiger charge is 2.51. The SMILES string of the molecule is COc1ccc2nc(NC(=O)C3(c4ccc(F)cc4)CC3)sc2c1. The molecule has 3 aromatic rings. The van der Waals surface area contributed by atoms with Crippen LogP contribution in [0.1, 0.15) is 18.4 Å². The van der Waals surface area contributed by atoms with Gasteiger partial charge in [-0.1, -0.05) is 23.5 Å².